The predicted molar refractivity (Wildman–Crippen MR) is 66.8 cm³/mol. The summed E-state index contributed by atoms with van der Waals surface area (Å²) < 4.78 is 5.52. The molecule has 0 aliphatic carbocycles. The van der Waals surface area contributed by atoms with Gasteiger partial charge in [0.15, 0.2) is 0 Å². The molecule has 0 spiro atoms. The van der Waals surface area contributed by atoms with E-state index >= 15 is 0 Å². The third kappa shape index (κ3) is 3.98. The van der Waals surface area contributed by atoms with Crippen LogP contribution in [0.1, 0.15) is 19.8 Å². The number of hydrogen-bond donors (Lipinski definition) is 3. The van der Waals surface area contributed by atoms with Gasteiger partial charge in [0.25, 0.3) is 0 Å². The zero-order valence-corrected chi connectivity index (χ0v) is 9.70. The van der Waals surface area contributed by atoms with Gasteiger partial charge in [-0.2, -0.15) is 0 Å². The summed E-state index contributed by atoms with van der Waals surface area (Å²) in [5, 5.41) is 11.9. The van der Waals surface area contributed by atoms with Crippen molar-refractivity contribution in [1.29, 1.82) is 0 Å². The minimum Gasteiger partial charge on any atom is -0.491 e. The van der Waals surface area contributed by atoms with Crippen molar-refractivity contribution in [2.24, 2.45) is 0 Å². The SMILES string of the molecule is CCCOc1cc(NCCCO)ccc1N. The van der Waals surface area contributed by atoms with E-state index in [4.69, 9.17) is 15.6 Å². The maximum Gasteiger partial charge on any atom is 0.144 e. The van der Waals surface area contributed by atoms with Gasteiger partial charge in [-0.05, 0) is 25.0 Å². The van der Waals surface area contributed by atoms with Gasteiger partial charge in [0.05, 0.1) is 12.3 Å². The molecule has 16 heavy (non-hydrogen) atoms. The largest absolute Gasteiger partial charge is 0.491 e. The number of aliphatic hydroxyl groups is 1. The van der Waals surface area contributed by atoms with Gasteiger partial charge >= 0.3 is 0 Å². The molecule has 0 unspecified atom stereocenters. The Bertz CT molecular complexity index is 316. The summed E-state index contributed by atoms with van der Waals surface area (Å²) >= 11 is 0. The van der Waals surface area contributed by atoms with Crippen LogP contribution < -0.4 is 15.8 Å². The molecular formula is C12H20N2O2. The fourth-order valence-electron chi connectivity index (χ4n) is 1.29. The summed E-state index contributed by atoms with van der Waals surface area (Å²) in [6.45, 7) is 3.67. The molecule has 0 atom stereocenters. The number of ether oxygens (including phenoxy) is 1. The van der Waals surface area contributed by atoms with Crippen molar-refractivity contribution >= 4 is 11.4 Å². The Morgan fingerprint density at radius 1 is 1.44 bits per heavy atom. The molecule has 0 saturated carbocycles. The van der Waals surface area contributed by atoms with Gasteiger partial charge in [-0.3, -0.25) is 0 Å². The van der Waals surface area contributed by atoms with Crippen LogP contribution in [0.3, 0.4) is 0 Å². The van der Waals surface area contributed by atoms with Crippen molar-refractivity contribution in [3.63, 3.8) is 0 Å². The summed E-state index contributed by atoms with van der Waals surface area (Å²) in [5.74, 6) is 0.718. The Labute approximate surface area is 96.4 Å². The van der Waals surface area contributed by atoms with Crippen LogP contribution >= 0.6 is 0 Å². The summed E-state index contributed by atoms with van der Waals surface area (Å²) in [6, 6.07) is 5.63. The summed E-state index contributed by atoms with van der Waals surface area (Å²) in [5.41, 5.74) is 7.41. The molecule has 0 aliphatic heterocycles. The average molecular weight is 224 g/mol. The lowest BCUT2D eigenvalue weighted by atomic mass is 10.2. The fraction of sp³-hybridized carbons (Fsp3) is 0.500. The highest BCUT2D eigenvalue weighted by Crippen LogP contribution is 2.25. The third-order valence-electron chi connectivity index (χ3n) is 2.14. The molecule has 0 amide bonds. The normalized spacial score (nSPS) is 10.1. The Hall–Kier alpha value is -1.42. The molecule has 0 fully saturated rings. The second-order valence-corrected chi connectivity index (χ2v) is 3.61. The van der Waals surface area contributed by atoms with Crippen LogP contribution in [0.25, 0.3) is 0 Å². The van der Waals surface area contributed by atoms with Gasteiger partial charge in [-0.15, -0.1) is 0 Å². The highest BCUT2D eigenvalue weighted by atomic mass is 16.5. The molecule has 1 rings (SSSR count). The van der Waals surface area contributed by atoms with Crippen LogP contribution in [0, 0.1) is 0 Å². The summed E-state index contributed by atoms with van der Waals surface area (Å²) in [6.07, 6.45) is 1.69. The molecule has 4 heteroatoms. The third-order valence-corrected chi connectivity index (χ3v) is 2.14. The van der Waals surface area contributed by atoms with E-state index in [1.807, 2.05) is 18.2 Å². The molecule has 0 aliphatic rings. The van der Waals surface area contributed by atoms with E-state index < -0.39 is 0 Å². The lowest BCUT2D eigenvalue weighted by Crippen LogP contribution is -2.05. The molecule has 0 bridgehead atoms. The van der Waals surface area contributed by atoms with E-state index in [9.17, 15) is 0 Å². The number of nitrogens with two attached hydrogens (primary N) is 1. The Morgan fingerprint density at radius 2 is 2.25 bits per heavy atom. The van der Waals surface area contributed by atoms with Crippen molar-refractivity contribution in [3.8, 4) is 5.75 Å². The van der Waals surface area contributed by atoms with Crippen molar-refractivity contribution in [1.82, 2.24) is 0 Å². The number of nitrogens with one attached hydrogen (secondary N) is 1. The Morgan fingerprint density at radius 3 is 2.94 bits per heavy atom. The monoisotopic (exact) mass is 224 g/mol. The highest BCUT2D eigenvalue weighted by Gasteiger charge is 2.01. The lowest BCUT2D eigenvalue weighted by Gasteiger charge is -2.11. The minimum atomic E-state index is 0.196. The second kappa shape index (κ2) is 6.95. The van der Waals surface area contributed by atoms with Crippen LogP contribution in [0.15, 0.2) is 18.2 Å². The molecule has 0 aromatic heterocycles. The Kier molecular flexibility index (Phi) is 5.50. The zero-order valence-electron chi connectivity index (χ0n) is 9.70. The number of anilines is 2. The Balaban J connectivity index is 2.58. The van der Waals surface area contributed by atoms with Crippen molar-refractivity contribution in [2.75, 3.05) is 30.8 Å². The van der Waals surface area contributed by atoms with Crippen LogP contribution in [0.5, 0.6) is 5.75 Å². The molecule has 0 heterocycles. The molecule has 4 N–H and O–H groups in total. The summed E-state index contributed by atoms with van der Waals surface area (Å²) in [7, 11) is 0. The van der Waals surface area contributed by atoms with E-state index in [-0.39, 0.29) is 6.61 Å². The lowest BCUT2D eigenvalue weighted by molar-refractivity contribution is 0.292. The fourth-order valence-corrected chi connectivity index (χ4v) is 1.29. The summed E-state index contributed by atoms with van der Waals surface area (Å²) in [4.78, 5) is 0. The molecule has 0 radical (unpaired) electrons. The van der Waals surface area contributed by atoms with E-state index in [0.29, 0.717) is 12.3 Å². The smallest absolute Gasteiger partial charge is 0.144 e. The maximum atomic E-state index is 8.67. The van der Waals surface area contributed by atoms with E-state index in [1.165, 1.54) is 0 Å². The van der Waals surface area contributed by atoms with Gasteiger partial charge in [0.1, 0.15) is 5.75 Å². The standard InChI is InChI=1S/C12H20N2O2/c1-2-8-16-12-9-10(4-5-11(12)13)14-6-3-7-15/h4-5,9,14-15H,2-3,6-8,13H2,1H3. The highest BCUT2D eigenvalue weighted by molar-refractivity contribution is 5.61. The maximum absolute atomic E-state index is 8.67. The van der Waals surface area contributed by atoms with Gasteiger partial charge in [0.2, 0.25) is 0 Å². The number of rotatable bonds is 7. The molecule has 4 nitrogen and oxygen atoms in total. The number of benzene rings is 1. The molecule has 1 aromatic rings. The average Bonchev–Trinajstić information content (AvgIpc) is 2.30. The topological polar surface area (TPSA) is 67.5 Å². The molecule has 0 saturated heterocycles. The first-order chi connectivity index (χ1) is 7.77. The second-order valence-electron chi connectivity index (χ2n) is 3.61. The van der Waals surface area contributed by atoms with Crippen molar-refractivity contribution in [3.05, 3.63) is 18.2 Å². The zero-order chi connectivity index (χ0) is 11.8. The predicted octanol–water partition coefficient (Wildman–Crippen LogP) is 1.85. The van der Waals surface area contributed by atoms with Gasteiger partial charge in [-0.1, -0.05) is 6.92 Å². The molecular weight excluding hydrogens is 204 g/mol. The van der Waals surface area contributed by atoms with E-state index in [0.717, 1.165) is 30.8 Å². The number of aliphatic hydroxyl groups excluding tert-OH is 1. The first-order valence-electron chi connectivity index (χ1n) is 5.65. The van der Waals surface area contributed by atoms with Crippen LogP contribution in [0.4, 0.5) is 11.4 Å². The van der Waals surface area contributed by atoms with Crippen LogP contribution in [0.2, 0.25) is 0 Å². The van der Waals surface area contributed by atoms with Crippen molar-refractivity contribution in [2.45, 2.75) is 19.8 Å². The van der Waals surface area contributed by atoms with Gasteiger partial charge in [-0.25, -0.2) is 0 Å². The van der Waals surface area contributed by atoms with Crippen molar-refractivity contribution < 1.29 is 9.84 Å². The minimum absolute atomic E-state index is 0.196. The number of nitrogen functional groups attached to an aromatic ring is 1. The van der Waals surface area contributed by atoms with Gasteiger partial charge < -0.3 is 20.9 Å². The molecule has 1 aromatic carbocycles. The quantitative estimate of drug-likeness (QED) is 0.488. The first-order valence-corrected chi connectivity index (χ1v) is 5.65. The number of hydrogen-bond acceptors (Lipinski definition) is 4. The van der Waals surface area contributed by atoms with Crippen LogP contribution in [-0.2, 0) is 0 Å². The van der Waals surface area contributed by atoms with E-state index in [1.54, 1.807) is 0 Å². The van der Waals surface area contributed by atoms with Gasteiger partial charge in [0, 0.05) is 24.9 Å². The molecule has 90 valence electrons. The van der Waals surface area contributed by atoms with E-state index in [2.05, 4.69) is 12.2 Å². The first kappa shape index (κ1) is 12.6. The van der Waals surface area contributed by atoms with Crippen LogP contribution in [-0.4, -0.2) is 24.9 Å².